The quantitative estimate of drug-likeness (QED) is 0.451. The van der Waals surface area contributed by atoms with Crippen LogP contribution < -0.4 is 0 Å². The minimum atomic E-state index is 0.499. The van der Waals surface area contributed by atoms with Crippen molar-refractivity contribution >= 4 is 33.0 Å². The normalized spacial score (nSPS) is 11.0. The Morgan fingerprint density at radius 2 is 1.68 bits per heavy atom. The van der Waals surface area contributed by atoms with Crippen molar-refractivity contribution in [3.63, 3.8) is 0 Å². The molecule has 0 spiro atoms. The summed E-state index contributed by atoms with van der Waals surface area (Å²) in [5.41, 5.74) is 3.62. The van der Waals surface area contributed by atoms with Gasteiger partial charge in [0.25, 0.3) is 0 Å². The van der Waals surface area contributed by atoms with Crippen molar-refractivity contribution in [2.24, 2.45) is 0 Å². The first-order valence-electron chi connectivity index (χ1n) is 7.78. The van der Waals surface area contributed by atoms with E-state index in [1.165, 1.54) is 0 Å². The Labute approximate surface area is 153 Å². The summed E-state index contributed by atoms with van der Waals surface area (Å²) in [6.07, 6.45) is 1.81. The monoisotopic (exact) mass is 391 g/mol. The van der Waals surface area contributed by atoms with Gasteiger partial charge in [-0.3, -0.25) is 0 Å². The Morgan fingerprint density at radius 1 is 0.960 bits per heavy atom. The summed E-state index contributed by atoms with van der Waals surface area (Å²) in [6, 6.07) is 15.8. The van der Waals surface area contributed by atoms with Crippen LogP contribution in [0.1, 0.15) is 11.3 Å². The standard InChI is InChI=1S/C20H14BrN3O/c1-3-15-12(2)25-17-11-14(9-10-16(15)17)19-22-18(23-20(21)24-19)13-7-5-4-6-8-13/h3-11H,1H2,2H3. The summed E-state index contributed by atoms with van der Waals surface area (Å²) in [6.45, 7) is 5.79. The maximum Gasteiger partial charge on any atom is 0.200 e. The Morgan fingerprint density at radius 3 is 2.40 bits per heavy atom. The second-order valence-corrected chi connectivity index (χ2v) is 6.31. The van der Waals surface area contributed by atoms with Gasteiger partial charge in [0.05, 0.1) is 0 Å². The molecule has 0 aliphatic carbocycles. The van der Waals surface area contributed by atoms with Gasteiger partial charge in [-0.05, 0) is 35.0 Å². The average molecular weight is 392 g/mol. The summed E-state index contributed by atoms with van der Waals surface area (Å²) in [5.74, 6) is 2.07. The molecule has 0 radical (unpaired) electrons. The molecule has 0 aliphatic rings. The second kappa shape index (κ2) is 6.26. The van der Waals surface area contributed by atoms with Crippen LogP contribution in [0, 0.1) is 6.92 Å². The number of halogens is 1. The maximum atomic E-state index is 5.84. The Hall–Kier alpha value is -2.79. The summed E-state index contributed by atoms with van der Waals surface area (Å²) >= 11 is 3.39. The van der Waals surface area contributed by atoms with Gasteiger partial charge in [-0.15, -0.1) is 0 Å². The molecule has 5 heteroatoms. The second-order valence-electron chi connectivity index (χ2n) is 5.60. The van der Waals surface area contributed by atoms with Gasteiger partial charge in [0.15, 0.2) is 11.6 Å². The molecule has 2 aromatic heterocycles. The average Bonchev–Trinajstić information content (AvgIpc) is 2.96. The highest BCUT2D eigenvalue weighted by molar-refractivity contribution is 9.10. The van der Waals surface area contributed by atoms with Crippen LogP contribution in [0.25, 0.3) is 39.8 Å². The van der Waals surface area contributed by atoms with Gasteiger partial charge in [0, 0.05) is 22.1 Å². The molecule has 0 N–H and O–H groups in total. The number of furan rings is 1. The summed E-state index contributed by atoms with van der Waals surface area (Å²) in [7, 11) is 0. The van der Waals surface area contributed by atoms with Crippen LogP contribution in [0.15, 0.2) is 64.3 Å². The zero-order valence-electron chi connectivity index (χ0n) is 13.5. The largest absolute Gasteiger partial charge is 0.461 e. The summed E-state index contributed by atoms with van der Waals surface area (Å²) in [5, 5.41) is 1.03. The van der Waals surface area contributed by atoms with Crippen LogP contribution in [-0.4, -0.2) is 15.0 Å². The highest BCUT2D eigenvalue weighted by atomic mass is 79.9. The number of hydrogen-bond acceptors (Lipinski definition) is 4. The number of rotatable bonds is 3. The van der Waals surface area contributed by atoms with E-state index in [0.717, 1.165) is 33.4 Å². The fourth-order valence-corrected chi connectivity index (χ4v) is 3.16. The third-order valence-corrected chi connectivity index (χ3v) is 4.37. The number of nitrogens with zero attached hydrogens (tertiary/aromatic N) is 3. The molecule has 0 saturated carbocycles. The zero-order valence-corrected chi connectivity index (χ0v) is 15.1. The minimum Gasteiger partial charge on any atom is -0.461 e. The molecule has 0 aliphatic heterocycles. The van der Waals surface area contributed by atoms with Crippen LogP contribution in [-0.2, 0) is 0 Å². The molecule has 0 bridgehead atoms. The molecule has 0 fully saturated rings. The van der Waals surface area contributed by atoms with Crippen LogP contribution in [0.4, 0.5) is 0 Å². The van der Waals surface area contributed by atoms with E-state index < -0.39 is 0 Å². The van der Waals surface area contributed by atoms with Gasteiger partial charge in [0.1, 0.15) is 11.3 Å². The van der Waals surface area contributed by atoms with Gasteiger partial charge < -0.3 is 4.42 Å². The number of aryl methyl sites for hydroxylation is 1. The molecule has 25 heavy (non-hydrogen) atoms. The van der Waals surface area contributed by atoms with Crippen molar-refractivity contribution in [2.45, 2.75) is 6.92 Å². The van der Waals surface area contributed by atoms with Gasteiger partial charge >= 0.3 is 0 Å². The molecule has 2 aromatic carbocycles. The predicted molar refractivity (Wildman–Crippen MR) is 103 cm³/mol. The minimum absolute atomic E-state index is 0.499. The molecular formula is C20H14BrN3O. The van der Waals surface area contributed by atoms with E-state index in [9.17, 15) is 0 Å². The summed E-state index contributed by atoms with van der Waals surface area (Å²) < 4.78 is 6.34. The van der Waals surface area contributed by atoms with Gasteiger partial charge in [-0.2, -0.15) is 0 Å². The van der Waals surface area contributed by atoms with Crippen molar-refractivity contribution in [3.8, 4) is 22.8 Å². The highest BCUT2D eigenvalue weighted by Crippen LogP contribution is 2.30. The number of aromatic nitrogens is 3. The highest BCUT2D eigenvalue weighted by Gasteiger charge is 2.13. The number of benzene rings is 2. The predicted octanol–water partition coefficient (Wildman–Crippen LogP) is 5.67. The number of fused-ring (bicyclic) bond motifs is 1. The van der Waals surface area contributed by atoms with Gasteiger partial charge in [-0.25, -0.2) is 15.0 Å². The van der Waals surface area contributed by atoms with E-state index in [4.69, 9.17) is 4.42 Å². The number of hydrogen-bond donors (Lipinski definition) is 0. The van der Waals surface area contributed by atoms with E-state index in [2.05, 4.69) is 37.5 Å². The molecule has 0 saturated heterocycles. The smallest absolute Gasteiger partial charge is 0.200 e. The van der Waals surface area contributed by atoms with E-state index in [-0.39, 0.29) is 0 Å². The van der Waals surface area contributed by atoms with Gasteiger partial charge in [-0.1, -0.05) is 49.1 Å². The van der Waals surface area contributed by atoms with E-state index in [1.54, 1.807) is 0 Å². The van der Waals surface area contributed by atoms with Crippen molar-refractivity contribution < 1.29 is 4.42 Å². The lowest BCUT2D eigenvalue weighted by Gasteiger charge is -2.05. The molecular weight excluding hydrogens is 378 g/mol. The van der Waals surface area contributed by atoms with Crippen molar-refractivity contribution in [1.82, 2.24) is 15.0 Å². The Balaban J connectivity index is 1.86. The van der Waals surface area contributed by atoms with Crippen molar-refractivity contribution in [3.05, 3.63) is 71.2 Å². The maximum absolute atomic E-state index is 5.84. The van der Waals surface area contributed by atoms with Crippen LogP contribution >= 0.6 is 15.9 Å². The van der Waals surface area contributed by atoms with Crippen LogP contribution in [0.3, 0.4) is 0 Å². The SMILES string of the molecule is C=Cc1c(C)oc2cc(-c3nc(Br)nc(-c4ccccc4)n3)ccc12. The first-order chi connectivity index (χ1) is 12.2. The fourth-order valence-electron chi connectivity index (χ4n) is 2.83. The van der Waals surface area contributed by atoms with E-state index in [0.29, 0.717) is 16.4 Å². The molecule has 122 valence electrons. The van der Waals surface area contributed by atoms with Crippen molar-refractivity contribution in [2.75, 3.05) is 0 Å². The Bertz CT molecular complexity index is 1090. The summed E-state index contributed by atoms with van der Waals surface area (Å²) in [4.78, 5) is 13.4. The van der Waals surface area contributed by atoms with Crippen LogP contribution in [0.5, 0.6) is 0 Å². The first kappa shape index (κ1) is 15.7. The fraction of sp³-hybridized carbons (Fsp3) is 0.0500. The third kappa shape index (κ3) is 2.87. The molecule has 0 atom stereocenters. The zero-order chi connectivity index (χ0) is 17.4. The lowest BCUT2D eigenvalue weighted by molar-refractivity contribution is 0.577. The molecule has 0 amide bonds. The topological polar surface area (TPSA) is 51.8 Å². The lowest BCUT2D eigenvalue weighted by atomic mass is 10.1. The molecule has 0 unspecified atom stereocenters. The first-order valence-corrected chi connectivity index (χ1v) is 8.58. The molecule has 4 nitrogen and oxygen atoms in total. The van der Waals surface area contributed by atoms with E-state index >= 15 is 0 Å². The third-order valence-electron chi connectivity index (χ3n) is 4.02. The lowest BCUT2D eigenvalue weighted by Crippen LogP contribution is -1.97. The van der Waals surface area contributed by atoms with Gasteiger partial charge in [0.2, 0.25) is 4.73 Å². The molecule has 4 rings (SSSR count). The van der Waals surface area contributed by atoms with Crippen LogP contribution in [0.2, 0.25) is 0 Å². The van der Waals surface area contributed by atoms with E-state index in [1.807, 2.05) is 61.5 Å². The molecule has 4 aromatic rings. The van der Waals surface area contributed by atoms with Crippen molar-refractivity contribution in [1.29, 1.82) is 0 Å². The molecule has 2 heterocycles. The Kier molecular flexibility index (Phi) is 3.93.